The van der Waals surface area contributed by atoms with Crippen LogP contribution in [0.3, 0.4) is 0 Å². The molecule has 114 valence electrons. The average molecular weight is 291 g/mol. The normalized spacial score (nSPS) is 11.1. The fourth-order valence-electron chi connectivity index (χ4n) is 2.49. The molecule has 2 rings (SSSR count). The van der Waals surface area contributed by atoms with Crippen molar-refractivity contribution in [3.05, 3.63) is 52.1 Å². The number of aliphatic hydroxyl groups is 1. The molecule has 2 aromatic rings. The minimum absolute atomic E-state index is 0.277. The Balaban J connectivity index is 2.00. The molecule has 0 saturated carbocycles. The van der Waals surface area contributed by atoms with Crippen LogP contribution in [0.1, 0.15) is 35.0 Å². The first kappa shape index (κ1) is 15.7. The molecule has 1 aromatic carbocycles. The molecule has 0 bridgehead atoms. The summed E-state index contributed by atoms with van der Waals surface area (Å²) in [6.45, 7) is 8.10. The van der Waals surface area contributed by atoms with Gasteiger partial charge in [0.1, 0.15) is 5.82 Å². The molecule has 0 spiro atoms. The maximum atomic E-state index is 13.3. The lowest BCUT2D eigenvalue weighted by Gasteiger charge is -2.08. The molecular formula is C16H22FN3O. The molecule has 0 aliphatic carbocycles. The van der Waals surface area contributed by atoms with Gasteiger partial charge in [0, 0.05) is 36.5 Å². The van der Waals surface area contributed by atoms with E-state index in [9.17, 15) is 4.39 Å². The first-order valence-corrected chi connectivity index (χ1v) is 7.18. The fraction of sp³-hybridized carbons (Fsp3) is 0.438. The number of hydrogen-bond donors (Lipinski definition) is 2. The Labute approximate surface area is 124 Å². The van der Waals surface area contributed by atoms with Gasteiger partial charge in [0.25, 0.3) is 0 Å². The van der Waals surface area contributed by atoms with Crippen molar-refractivity contribution in [2.45, 2.75) is 47.0 Å². The molecule has 5 heteroatoms. The van der Waals surface area contributed by atoms with E-state index in [4.69, 9.17) is 5.11 Å². The maximum Gasteiger partial charge on any atom is 0.128 e. The molecule has 1 heterocycles. The largest absolute Gasteiger partial charge is 0.392 e. The topological polar surface area (TPSA) is 50.1 Å². The molecule has 0 atom stereocenters. The zero-order valence-electron chi connectivity index (χ0n) is 12.8. The maximum absolute atomic E-state index is 13.3. The second kappa shape index (κ2) is 6.83. The van der Waals surface area contributed by atoms with Crippen LogP contribution >= 0.6 is 0 Å². The summed E-state index contributed by atoms with van der Waals surface area (Å²) in [5, 5.41) is 16.9. The Kier molecular flexibility index (Phi) is 5.09. The second-order valence-corrected chi connectivity index (χ2v) is 5.15. The number of benzene rings is 1. The van der Waals surface area contributed by atoms with Gasteiger partial charge in [-0.25, -0.2) is 4.39 Å². The Bertz CT molecular complexity index is 622. The van der Waals surface area contributed by atoms with Crippen LogP contribution in [0, 0.1) is 19.7 Å². The zero-order valence-corrected chi connectivity index (χ0v) is 12.8. The van der Waals surface area contributed by atoms with E-state index in [0.29, 0.717) is 12.1 Å². The van der Waals surface area contributed by atoms with Crippen LogP contribution in [-0.2, 0) is 26.2 Å². The highest BCUT2D eigenvalue weighted by Crippen LogP contribution is 2.14. The number of nitrogens with zero attached hydrogens (tertiary/aromatic N) is 2. The van der Waals surface area contributed by atoms with Crippen molar-refractivity contribution in [2.24, 2.45) is 0 Å². The predicted octanol–water partition coefficient (Wildman–Crippen LogP) is 2.44. The standard InChI is InChI=1S/C16H22FN3O/c1-4-20-12(3)15(11(2)19-20)9-18-8-13-5-6-16(17)14(7-13)10-21/h5-7,18,21H,4,8-10H2,1-3H3. The summed E-state index contributed by atoms with van der Waals surface area (Å²) in [5.74, 6) is -0.364. The summed E-state index contributed by atoms with van der Waals surface area (Å²) >= 11 is 0. The number of aliphatic hydroxyl groups excluding tert-OH is 1. The molecule has 1 aromatic heterocycles. The molecule has 0 saturated heterocycles. The predicted molar refractivity (Wildman–Crippen MR) is 80.2 cm³/mol. The van der Waals surface area contributed by atoms with Crippen LogP contribution in [0.5, 0.6) is 0 Å². The van der Waals surface area contributed by atoms with Gasteiger partial charge < -0.3 is 10.4 Å². The minimum atomic E-state index is -0.364. The smallest absolute Gasteiger partial charge is 0.128 e. The molecule has 0 aliphatic heterocycles. The van der Waals surface area contributed by atoms with E-state index in [-0.39, 0.29) is 12.4 Å². The van der Waals surface area contributed by atoms with Crippen LogP contribution in [-0.4, -0.2) is 14.9 Å². The Morgan fingerprint density at radius 1 is 1.29 bits per heavy atom. The molecule has 2 N–H and O–H groups in total. The van der Waals surface area contributed by atoms with E-state index in [1.165, 1.54) is 17.3 Å². The monoisotopic (exact) mass is 291 g/mol. The minimum Gasteiger partial charge on any atom is -0.392 e. The Morgan fingerprint density at radius 2 is 2.05 bits per heavy atom. The van der Waals surface area contributed by atoms with Crippen LogP contribution in [0.2, 0.25) is 0 Å². The SMILES string of the molecule is CCn1nc(C)c(CNCc2ccc(F)c(CO)c2)c1C. The van der Waals surface area contributed by atoms with E-state index in [0.717, 1.165) is 24.3 Å². The summed E-state index contributed by atoms with van der Waals surface area (Å²) in [5.41, 5.74) is 4.72. The molecule has 0 radical (unpaired) electrons. The van der Waals surface area contributed by atoms with Crippen molar-refractivity contribution in [3.63, 3.8) is 0 Å². The van der Waals surface area contributed by atoms with Gasteiger partial charge >= 0.3 is 0 Å². The van der Waals surface area contributed by atoms with Gasteiger partial charge in [-0.3, -0.25) is 4.68 Å². The third kappa shape index (κ3) is 3.49. The third-order valence-corrected chi connectivity index (χ3v) is 3.74. The van der Waals surface area contributed by atoms with Gasteiger partial charge in [-0.05, 0) is 38.5 Å². The number of hydrogen-bond acceptors (Lipinski definition) is 3. The van der Waals surface area contributed by atoms with E-state index in [2.05, 4.69) is 24.3 Å². The van der Waals surface area contributed by atoms with Crippen molar-refractivity contribution in [2.75, 3.05) is 0 Å². The van der Waals surface area contributed by atoms with Crippen LogP contribution in [0.25, 0.3) is 0 Å². The average Bonchev–Trinajstić information content (AvgIpc) is 2.76. The van der Waals surface area contributed by atoms with E-state index in [1.54, 1.807) is 12.1 Å². The highest BCUT2D eigenvalue weighted by molar-refractivity contribution is 5.26. The molecule has 21 heavy (non-hydrogen) atoms. The number of aromatic nitrogens is 2. The van der Waals surface area contributed by atoms with Gasteiger partial charge in [0.2, 0.25) is 0 Å². The fourth-order valence-corrected chi connectivity index (χ4v) is 2.49. The summed E-state index contributed by atoms with van der Waals surface area (Å²) in [6.07, 6.45) is 0. The Hall–Kier alpha value is -1.72. The third-order valence-electron chi connectivity index (χ3n) is 3.74. The molecule has 4 nitrogen and oxygen atoms in total. The summed E-state index contributed by atoms with van der Waals surface area (Å²) in [7, 11) is 0. The highest BCUT2D eigenvalue weighted by atomic mass is 19.1. The molecule has 0 unspecified atom stereocenters. The van der Waals surface area contributed by atoms with Crippen LogP contribution in [0.4, 0.5) is 4.39 Å². The summed E-state index contributed by atoms with van der Waals surface area (Å²) in [4.78, 5) is 0. The lowest BCUT2D eigenvalue weighted by atomic mass is 10.1. The summed E-state index contributed by atoms with van der Waals surface area (Å²) in [6, 6.07) is 4.82. The number of halogens is 1. The highest BCUT2D eigenvalue weighted by Gasteiger charge is 2.10. The quantitative estimate of drug-likeness (QED) is 0.859. The Morgan fingerprint density at radius 3 is 2.67 bits per heavy atom. The molecule has 0 amide bonds. The number of rotatable bonds is 6. The van der Waals surface area contributed by atoms with Gasteiger partial charge in [0.15, 0.2) is 0 Å². The van der Waals surface area contributed by atoms with Crippen molar-refractivity contribution in [1.82, 2.24) is 15.1 Å². The number of nitrogens with one attached hydrogen (secondary N) is 1. The zero-order chi connectivity index (χ0) is 15.4. The first-order valence-electron chi connectivity index (χ1n) is 7.18. The van der Waals surface area contributed by atoms with E-state index in [1.807, 2.05) is 11.6 Å². The van der Waals surface area contributed by atoms with Crippen LogP contribution in [0.15, 0.2) is 18.2 Å². The molecule has 0 fully saturated rings. The number of aryl methyl sites for hydroxylation is 2. The van der Waals surface area contributed by atoms with E-state index >= 15 is 0 Å². The van der Waals surface area contributed by atoms with Gasteiger partial charge in [-0.1, -0.05) is 6.07 Å². The van der Waals surface area contributed by atoms with Gasteiger partial charge in [0.05, 0.1) is 12.3 Å². The van der Waals surface area contributed by atoms with Gasteiger partial charge in [-0.15, -0.1) is 0 Å². The molecule has 0 aliphatic rings. The van der Waals surface area contributed by atoms with Crippen molar-refractivity contribution < 1.29 is 9.50 Å². The van der Waals surface area contributed by atoms with Crippen LogP contribution < -0.4 is 5.32 Å². The summed E-state index contributed by atoms with van der Waals surface area (Å²) < 4.78 is 15.3. The lowest BCUT2D eigenvalue weighted by Crippen LogP contribution is -2.14. The van der Waals surface area contributed by atoms with Gasteiger partial charge in [-0.2, -0.15) is 5.10 Å². The second-order valence-electron chi connectivity index (χ2n) is 5.15. The van der Waals surface area contributed by atoms with Crippen molar-refractivity contribution in [3.8, 4) is 0 Å². The van der Waals surface area contributed by atoms with Crippen molar-refractivity contribution in [1.29, 1.82) is 0 Å². The lowest BCUT2D eigenvalue weighted by molar-refractivity contribution is 0.275. The van der Waals surface area contributed by atoms with Crippen molar-refractivity contribution >= 4 is 0 Å². The first-order chi connectivity index (χ1) is 10.1. The van der Waals surface area contributed by atoms with E-state index < -0.39 is 0 Å². The molecular weight excluding hydrogens is 269 g/mol.